The molecular weight excluding hydrogens is 514 g/mol. The number of carbonyl (C=O) groups is 4. The van der Waals surface area contributed by atoms with Gasteiger partial charge in [0.05, 0.1) is 18.3 Å². The minimum absolute atomic E-state index is 0.168. The van der Waals surface area contributed by atoms with E-state index in [0.29, 0.717) is 30.8 Å². The SMILES string of the molecule is COc1ccc2ccc(C(C)OC(=O)C3CCCN(C(=O)C(C)NC(=O)C(NC(=O)C(C)C)C(C)C)N3)nc2c1. The number of ether oxygens (including phenoxy) is 2. The largest absolute Gasteiger partial charge is 0.497 e. The van der Waals surface area contributed by atoms with Crippen molar-refractivity contribution in [2.75, 3.05) is 13.7 Å². The molecule has 3 N–H and O–H groups in total. The third kappa shape index (κ3) is 7.68. The Kier molecular flexibility index (Phi) is 10.4. The van der Waals surface area contributed by atoms with Gasteiger partial charge in [0.2, 0.25) is 11.8 Å². The van der Waals surface area contributed by atoms with Crippen LogP contribution in [0, 0.1) is 11.8 Å². The van der Waals surface area contributed by atoms with Crippen LogP contribution < -0.4 is 20.8 Å². The predicted molar refractivity (Wildman–Crippen MR) is 150 cm³/mol. The molecule has 1 aromatic carbocycles. The Bertz CT molecular complexity index is 1230. The van der Waals surface area contributed by atoms with Gasteiger partial charge in [-0.2, -0.15) is 0 Å². The summed E-state index contributed by atoms with van der Waals surface area (Å²) in [5.41, 5.74) is 4.28. The van der Waals surface area contributed by atoms with Crippen molar-refractivity contribution in [2.24, 2.45) is 11.8 Å². The lowest BCUT2D eigenvalue weighted by atomic mass is 10.0. The molecule has 3 rings (SSSR count). The maximum absolute atomic E-state index is 13.1. The number of nitrogens with one attached hydrogen (secondary N) is 3. The normalized spacial score (nSPS) is 17.7. The molecule has 1 fully saturated rings. The zero-order chi connectivity index (χ0) is 29.6. The van der Waals surface area contributed by atoms with Crippen molar-refractivity contribution < 1.29 is 28.7 Å². The standard InChI is InChI=1S/C29H41N5O6/c1-16(2)25(32-26(35)17(3)4)27(36)30-18(5)28(37)34-14-8-9-23(33-34)29(38)40-19(6)22-13-11-20-10-12-21(39-7)15-24(20)31-22/h10-13,15-19,23,25,33H,8-9,14H2,1-7H3,(H,30,36)(H,32,35). The van der Waals surface area contributed by atoms with Gasteiger partial charge < -0.3 is 20.1 Å². The minimum atomic E-state index is -0.871. The molecule has 40 heavy (non-hydrogen) atoms. The highest BCUT2D eigenvalue weighted by Crippen LogP contribution is 2.23. The van der Waals surface area contributed by atoms with Crippen molar-refractivity contribution in [1.82, 2.24) is 26.1 Å². The Morgan fingerprint density at radius 3 is 2.35 bits per heavy atom. The lowest BCUT2D eigenvalue weighted by Gasteiger charge is -2.35. The molecule has 4 atom stereocenters. The number of pyridine rings is 1. The number of benzene rings is 1. The average Bonchev–Trinajstić information content (AvgIpc) is 2.94. The number of hydrogen-bond acceptors (Lipinski definition) is 8. The third-order valence-corrected chi connectivity index (χ3v) is 6.87. The van der Waals surface area contributed by atoms with Crippen molar-refractivity contribution in [3.8, 4) is 5.75 Å². The van der Waals surface area contributed by atoms with E-state index in [1.807, 2.05) is 44.2 Å². The van der Waals surface area contributed by atoms with Gasteiger partial charge in [-0.05, 0) is 50.8 Å². The van der Waals surface area contributed by atoms with E-state index in [0.717, 1.165) is 10.9 Å². The van der Waals surface area contributed by atoms with Gasteiger partial charge in [-0.25, -0.2) is 10.4 Å². The fraction of sp³-hybridized carbons (Fsp3) is 0.552. The first kappa shape index (κ1) is 30.8. The number of methoxy groups -OCH3 is 1. The monoisotopic (exact) mass is 555 g/mol. The highest BCUT2D eigenvalue weighted by molar-refractivity contribution is 5.92. The van der Waals surface area contributed by atoms with Crippen LogP contribution in [0.2, 0.25) is 0 Å². The van der Waals surface area contributed by atoms with Crippen LogP contribution in [0.5, 0.6) is 5.75 Å². The second-order valence-corrected chi connectivity index (χ2v) is 10.8. The Morgan fingerprint density at radius 1 is 1.00 bits per heavy atom. The first-order valence-electron chi connectivity index (χ1n) is 13.7. The highest BCUT2D eigenvalue weighted by Gasteiger charge is 2.34. The average molecular weight is 556 g/mol. The molecule has 11 nitrogen and oxygen atoms in total. The van der Waals surface area contributed by atoms with E-state index in [4.69, 9.17) is 9.47 Å². The van der Waals surface area contributed by atoms with Crippen molar-refractivity contribution in [1.29, 1.82) is 0 Å². The Hall–Kier alpha value is -3.73. The molecule has 218 valence electrons. The van der Waals surface area contributed by atoms with Gasteiger partial charge in [-0.1, -0.05) is 33.8 Å². The van der Waals surface area contributed by atoms with E-state index in [1.165, 1.54) is 5.01 Å². The van der Waals surface area contributed by atoms with E-state index in [9.17, 15) is 19.2 Å². The zero-order valence-corrected chi connectivity index (χ0v) is 24.3. The van der Waals surface area contributed by atoms with Crippen molar-refractivity contribution in [3.05, 3.63) is 36.0 Å². The van der Waals surface area contributed by atoms with E-state index in [1.54, 1.807) is 34.8 Å². The summed E-state index contributed by atoms with van der Waals surface area (Å²) in [6, 6.07) is 6.95. The van der Waals surface area contributed by atoms with E-state index in [-0.39, 0.29) is 23.7 Å². The molecule has 0 radical (unpaired) electrons. The minimum Gasteiger partial charge on any atom is -0.497 e. The molecule has 2 heterocycles. The number of aromatic nitrogens is 1. The number of hydrogen-bond donors (Lipinski definition) is 3. The van der Waals surface area contributed by atoms with Crippen LogP contribution in [0.3, 0.4) is 0 Å². The molecule has 1 aromatic heterocycles. The van der Waals surface area contributed by atoms with Gasteiger partial charge in [0.25, 0.3) is 5.91 Å². The van der Waals surface area contributed by atoms with Crippen LogP contribution in [0.15, 0.2) is 30.3 Å². The molecule has 0 spiro atoms. The summed E-state index contributed by atoms with van der Waals surface area (Å²) in [5, 5.41) is 7.74. The lowest BCUT2D eigenvalue weighted by molar-refractivity contribution is -0.157. The number of nitrogens with zero attached hydrogens (tertiary/aromatic N) is 2. The quantitative estimate of drug-likeness (QED) is 0.380. The molecule has 1 aliphatic rings. The topological polar surface area (TPSA) is 139 Å². The molecular formula is C29H41N5O6. The van der Waals surface area contributed by atoms with Gasteiger partial charge in [0, 0.05) is 23.9 Å². The smallest absolute Gasteiger partial charge is 0.325 e. The Labute approximate surface area is 235 Å². The number of fused-ring (bicyclic) bond motifs is 1. The van der Waals surface area contributed by atoms with Crippen LogP contribution >= 0.6 is 0 Å². The van der Waals surface area contributed by atoms with Gasteiger partial charge in [-0.3, -0.25) is 24.2 Å². The summed E-state index contributed by atoms with van der Waals surface area (Å²) >= 11 is 0. The molecule has 0 bridgehead atoms. The Balaban J connectivity index is 1.59. The van der Waals surface area contributed by atoms with Crippen LogP contribution in [0.1, 0.15) is 66.2 Å². The predicted octanol–water partition coefficient (Wildman–Crippen LogP) is 2.64. The Morgan fingerprint density at radius 2 is 1.70 bits per heavy atom. The summed E-state index contributed by atoms with van der Waals surface area (Å²) in [6.07, 6.45) is 0.471. The third-order valence-electron chi connectivity index (χ3n) is 6.87. The molecule has 3 amide bonds. The van der Waals surface area contributed by atoms with E-state index in [2.05, 4.69) is 21.0 Å². The number of hydrazine groups is 1. The highest BCUT2D eigenvalue weighted by atomic mass is 16.5. The van der Waals surface area contributed by atoms with Gasteiger partial charge in [0.15, 0.2) is 0 Å². The van der Waals surface area contributed by atoms with Crippen LogP contribution in [-0.4, -0.2) is 65.5 Å². The second-order valence-electron chi connectivity index (χ2n) is 10.8. The van der Waals surface area contributed by atoms with Gasteiger partial charge in [0.1, 0.15) is 30.0 Å². The molecule has 1 saturated heterocycles. The fourth-order valence-corrected chi connectivity index (χ4v) is 4.35. The summed E-state index contributed by atoms with van der Waals surface area (Å²) in [6.45, 7) is 10.8. The van der Waals surface area contributed by atoms with Crippen LogP contribution in [-0.2, 0) is 23.9 Å². The number of amides is 3. The van der Waals surface area contributed by atoms with Crippen molar-refractivity contribution in [3.63, 3.8) is 0 Å². The fourth-order valence-electron chi connectivity index (χ4n) is 4.35. The molecule has 11 heteroatoms. The number of carbonyl (C=O) groups excluding carboxylic acids is 4. The molecule has 2 aromatic rings. The summed E-state index contributed by atoms with van der Waals surface area (Å²) in [4.78, 5) is 55.8. The van der Waals surface area contributed by atoms with Gasteiger partial charge >= 0.3 is 5.97 Å². The van der Waals surface area contributed by atoms with Crippen LogP contribution in [0.4, 0.5) is 0 Å². The maximum atomic E-state index is 13.1. The summed E-state index contributed by atoms with van der Waals surface area (Å²) in [5.74, 6) is -1.31. The van der Waals surface area contributed by atoms with Crippen molar-refractivity contribution in [2.45, 2.75) is 78.6 Å². The summed E-state index contributed by atoms with van der Waals surface area (Å²) < 4.78 is 11.0. The first-order chi connectivity index (χ1) is 18.9. The first-order valence-corrected chi connectivity index (χ1v) is 13.7. The summed E-state index contributed by atoms with van der Waals surface area (Å²) in [7, 11) is 1.59. The van der Waals surface area contributed by atoms with Crippen molar-refractivity contribution >= 4 is 34.6 Å². The zero-order valence-electron chi connectivity index (χ0n) is 24.3. The van der Waals surface area contributed by atoms with Gasteiger partial charge in [-0.15, -0.1) is 0 Å². The second kappa shape index (κ2) is 13.6. The molecule has 0 aliphatic carbocycles. The van der Waals surface area contributed by atoms with E-state index < -0.39 is 36.1 Å². The molecule has 0 saturated carbocycles. The molecule has 1 aliphatic heterocycles. The maximum Gasteiger partial charge on any atom is 0.325 e. The number of rotatable bonds is 10. The van der Waals surface area contributed by atoms with Crippen LogP contribution in [0.25, 0.3) is 10.9 Å². The lowest BCUT2D eigenvalue weighted by Crippen LogP contribution is -2.61. The molecule has 4 unspecified atom stereocenters. The van der Waals surface area contributed by atoms with E-state index >= 15 is 0 Å². The number of esters is 1.